The van der Waals surface area contributed by atoms with Crippen molar-refractivity contribution in [2.24, 2.45) is 0 Å². The number of carboxylic acid groups (broad SMARTS) is 1. The number of rotatable bonds is 11. The first-order valence-electron chi connectivity index (χ1n) is 10.6. The molecule has 0 aliphatic carbocycles. The van der Waals surface area contributed by atoms with Crippen LogP contribution in [0, 0.1) is 0 Å². The number of hydrogen-bond donors (Lipinski definition) is 6. The first-order chi connectivity index (χ1) is 15.4. The largest absolute Gasteiger partial charge is 0.508 e. The predicted octanol–water partition coefficient (Wildman–Crippen LogP) is -0.303. The summed E-state index contributed by atoms with van der Waals surface area (Å²) in [6.45, 7) is 2.42. The number of aliphatic hydroxyl groups excluding tert-OH is 3. The van der Waals surface area contributed by atoms with E-state index in [1.54, 1.807) is 31.2 Å². The first-order valence-corrected chi connectivity index (χ1v) is 10.6. The van der Waals surface area contributed by atoms with Crippen LogP contribution >= 0.6 is 0 Å². The van der Waals surface area contributed by atoms with Crippen molar-refractivity contribution in [3.05, 3.63) is 29.8 Å². The van der Waals surface area contributed by atoms with E-state index < -0.39 is 73.8 Å². The van der Waals surface area contributed by atoms with Gasteiger partial charge >= 0.3 is 11.9 Å². The normalized spacial score (nSPS) is 28.0. The van der Waals surface area contributed by atoms with E-state index in [-0.39, 0.29) is 5.75 Å². The SMILES string of the molecule is CC(CCc1ccc(O)cc1)O[C@@H]1O[C@H](COC(=O)CC(C)(O)CC(=O)O)[C@@H](O)[C@H](O)[C@H]1O. The number of aliphatic carboxylic acids is 1. The minimum atomic E-state index is -1.82. The molecular weight excluding hydrogens is 440 g/mol. The third-order valence-electron chi connectivity index (χ3n) is 5.28. The highest BCUT2D eigenvalue weighted by atomic mass is 16.7. The fraction of sp³-hybridized carbons (Fsp3) is 0.636. The van der Waals surface area contributed by atoms with Gasteiger partial charge in [-0.25, -0.2) is 0 Å². The Morgan fingerprint density at radius 3 is 2.33 bits per heavy atom. The summed E-state index contributed by atoms with van der Waals surface area (Å²) in [4.78, 5) is 22.7. The Morgan fingerprint density at radius 2 is 1.73 bits per heavy atom. The van der Waals surface area contributed by atoms with Crippen molar-refractivity contribution in [2.75, 3.05) is 6.61 Å². The molecule has 0 spiro atoms. The summed E-state index contributed by atoms with van der Waals surface area (Å²) in [5, 5.41) is 58.6. The summed E-state index contributed by atoms with van der Waals surface area (Å²) in [6.07, 6.45) is -7.75. The summed E-state index contributed by atoms with van der Waals surface area (Å²) in [5.74, 6) is -2.04. The van der Waals surface area contributed by atoms with Gasteiger partial charge in [0.25, 0.3) is 0 Å². The first kappa shape index (κ1) is 27.0. The number of ether oxygens (including phenoxy) is 3. The van der Waals surface area contributed by atoms with Crippen LogP contribution in [0.1, 0.15) is 38.7 Å². The van der Waals surface area contributed by atoms with Gasteiger partial charge in [0, 0.05) is 0 Å². The molecule has 1 fully saturated rings. The Bertz CT molecular complexity index is 779. The molecule has 0 bridgehead atoms. The van der Waals surface area contributed by atoms with Gasteiger partial charge in [0.05, 0.1) is 24.5 Å². The van der Waals surface area contributed by atoms with Crippen LogP contribution in [-0.4, -0.2) is 91.6 Å². The van der Waals surface area contributed by atoms with Crippen LogP contribution in [0.5, 0.6) is 5.75 Å². The zero-order chi connectivity index (χ0) is 24.8. The number of carboxylic acids is 1. The number of benzene rings is 1. The molecule has 6 N–H and O–H groups in total. The fourth-order valence-corrected chi connectivity index (χ4v) is 3.42. The zero-order valence-corrected chi connectivity index (χ0v) is 18.5. The van der Waals surface area contributed by atoms with Crippen LogP contribution in [0.4, 0.5) is 0 Å². The summed E-state index contributed by atoms with van der Waals surface area (Å²) in [7, 11) is 0. The predicted molar refractivity (Wildman–Crippen MR) is 112 cm³/mol. The molecule has 7 atom stereocenters. The van der Waals surface area contributed by atoms with Gasteiger partial charge in [0.15, 0.2) is 6.29 Å². The summed E-state index contributed by atoms with van der Waals surface area (Å²) in [6, 6.07) is 6.68. The Hall–Kier alpha value is -2.28. The van der Waals surface area contributed by atoms with Gasteiger partial charge < -0.3 is 44.8 Å². The third-order valence-corrected chi connectivity index (χ3v) is 5.28. The smallest absolute Gasteiger partial charge is 0.308 e. The Labute approximate surface area is 191 Å². The van der Waals surface area contributed by atoms with Crippen LogP contribution in [0.15, 0.2) is 24.3 Å². The molecule has 1 aliphatic rings. The lowest BCUT2D eigenvalue weighted by Crippen LogP contribution is -2.59. The van der Waals surface area contributed by atoms with Crippen molar-refractivity contribution < 1.29 is 54.4 Å². The molecular formula is C22H32O11. The maximum Gasteiger partial charge on any atom is 0.308 e. The van der Waals surface area contributed by atoms with Gasteiger partial charge in [0.2, 0.25) is 0 Å². The Balaban J connectivity index is 1.88. The summed E-state index contributed by atoms with van der Waals surface area (Å²) >= 11 is 0. The topological polar surface area (TPSA) is 183 Å². The zero-order valence-electron chi connectivity index (χ0n) is 18.5. The standard InChI is InChI=1S/C22H32O11/c1-12(3-4-13-5-7-14(23)8-6-13)32-21-20(29)19(28)18(27)15(33-21)11-31-17(26)10-22(2,30)9-16(24)25/h5-8,12,15,18-21,23,27-30H,3-4,9-11H2,1-2H3,(H,24,25)/t12?,15-,18-,19+,20-,21-,22?/m1/s1. The van der Waals surface area contributed by atoms with Gasteiger partial charge in [-0.2, -0.15) is 0 Å². The molecule has 0 amide bonds. The second-order valence-corrected chi connectivity index (χ2v) is 8.59. The lowest BCUT2D eigenvalue weighted by Gasteiger charge is -2.40. The van der Waals surface area contributed by atoms with Crippen LogP contribution in [0.3, 0.4) is 0 Å². The van der Waals surface area contributed by atoms with Crippen molar-refractivity contribution in [3.8, 4) is 5.75 Å². The van der Waals surface area contributed by atoms with Crippen molar-refractivity contribution in [3.63, 3.8) is 0 Å². The Kier molecular flexibility index (Phi) is 9.58. The van der Waals surface area contributed by atoms with E-state index in [0.29, 0.717) is 12.8 Å². The van der Waals surface area contributed by atoms with Gasteiger partial charge in [-0.1, -0.05) is 12.1 Å². The summed E-state index contributed by atoms with van der Waals surface area (Å²) in [5.41, 5.74) is -0.851. The van der Waals surface area contributed by atoms with E-state index in [2.05, 4.69) is 0 Å². The highest BCUT2D eigenvalue weighted by molar-refractivity contribution is 5.73. The van der Waals surface area contributed by atoms with Crippen molar-refractivity contribution in [1.29, 1.82) is 0 Å². The number of phenols is 1. The van der Waals surface area contributed by atoms with E-state index in [1.165, 1.54) is 6.92 Å². The van der Waals surface area contributed by atoms with Crippen LogP contribution in [0.25, 0.3) is 0 Å². The number of aromatic hydroxyl groups is 1. The minimum absolute atomic E-state index is 0.159. The molecule has 0 saturated carbocycles. The van der Waals surface area contributed by atoms with Crippen LogP contribution in [-0.2, 0) is 30.2 Å². The highest BCUT2D eigenvalue weighted by Gasteiger charge is 2.45. The van der Waals surface area contributed by atoms with E-state index >= 15 is 0 Å². The molecule has 11 nitrogen and oxygen atoms in total. The molecule has 2 rings (SSSR count). The van der Waals surface area contributed by atoms with Crippen molar-refractivity contribution in [1.82, 2.24) is 0 Å². The third kappa shape index (κ3) is 8.54. The maximum atomic E-state index is 12.0. The molecule has 11 heteroatoms. The monoisotopic (exact) mass is 472 g/mol. The summed E-state index contributed by atoms with van der Waals surface area (Å²) < 4.78 is 16.2. The second-order valence-electron chi connectivity index (χ2n) is 8.59. The number of aliphatic hydroxyl groups is 4. The van der Waals surface area contributed by atoms with Crippen LogP contribution in [0.2, 0.25) is 0 Å². The second kappa shape index (κ2) is 11.7. The average Bonchev–Trinajstić information content (AvgIpc) is 2.71. The number of aryl methyl sites for hydroxylation is 1. The molecule has 33 heavy (non-hydrogen) atoms. The number of phenolic OH excluding ortho intramolecular Hbond substituents is 1. The quantitative estimate of drug-likeness (QED) is 0.232. The lowest BCUT2D eigenvalue weighted by atomic mass is 9.98. The molecule has 186 valence electrons. The molecule has 1 heterocycles. The van der Waals surface area contributed by atoms with E-state index in [0.717, 1.165) is 5.56 Å². The molecule has 2 unspecified atom stereocenters. The number of esters is 1. The van der Waals surface area contributed by atoms with Crippen LogP contribution < -0.4 is 0 Å². The number of hydrogen-bond acceptors (Lipinski definition) is 10. The number of carbonyl (C=O) groups is 2. The molecule has 1 aliphatic heterocycles. The maximum absolute atomic E-state index is 12.0. The highest BCUT2D eigenvalue weighted by Crippen LogP contribution is 2.25. The van der Waals surface area contributed by atoms with Gasteiger partial charge in [-0.05, 0) is 44.4 Å². The molecule has 0 radical (unpaired) electrons. The molecule has 1 saturated heterocycles. The molecule has 1 aromatic rings. The lowest BCUT2D eigenvalue weighted by molar-refractivity contribution is -0.310. The van der Waals surface area contributed by atoms with Gasteiger partial charge in [-0.15, -0.1) is 0 Å². The van der Waals surface area contributed by atoms with E-state index in [9.17, 15) is 35.1 Å². The van der Waals surface area contributed by atoms with Gasteiger partial charge in [-0.3, -0.25) is 9.59 Å². The van der Waals surface area contributed by atoms with E-state index in [4.69, 9.17) is 19.3 Å². The molecule has 0 aromatic heterocycles. The fourth-order valence-electron chi connectivity index (χ4n) is 3.42. The Morgan fingerprint density at radius 1 is 1.09 bits per heavy atom. The van der Waals surface area contributed by atoms with E-state index in [1.807, 2.05) is 0 Å². The van der Waals surface area contributed by atoms with Crippen molar-refractivity contribution >= 4 is 11.9 Å². The van der Waals surface area contributed by atoms with Gasteiger partial charge in [0.1, 0.15) is 36.8 Å². The molecule has 1 aromatic carbocycles. The number of carbonyl (C=O) groups excluding carboxylic acids is 1. The minimum Gasteiger partial charge on any atom is -0.508 e. The van der Waals surface area contributed by atoms with Crippen molar-refractivity contribution in [2.45, 2.75) is 81.9 Å². The average molecular weight is 472 g/mol.